The number of amides is 2. The maximum atomic E-state index is 12.2. The van der Waals surface area contributed by atoms with Gasteiger partial charge in [0.05, 0.1) is 5.52 Å². The van der Waals surface area contributed by atoms with E-state index in [0.29, 0.717) is 13.1 Å². The Kier molecular flexibility index (Phi) is 3.65. The molecule has 126 valence electrons. The Labute approximate surface area is 145 Å². The Balaban J connectivity index is 1.84. The van der Waals surface area contributed by atoms with E-state index in [1.165, 1.54) is 5.69 Å². The van der Waals surface area contributed by atoms with E-state index in [1.54, 1.807) is 4.90 Å². The highest BCUT2D eigenvalue weighted by atomic mass is 16.2. The third-order valence-electron chi connectivity index (χ3n) is 4.57. The van der Waals surface area contributed by atoms with Crippen molar-refractivity contribution >= 4 is 22.9 Å². The molecule has 25 heavy (non-hydrogen) atoms. The zero-order valence-corrected chi connectivity index (χ0v) is 13.7. The lowest BCUT2D eigenvalue weighted by atomic mass is 10.0. The van der Waals surface area contributed by atoms with Gasteiger partial charge in [0.2, 0.25) is 0 Å². The van der Waals surface area contributed by atoms with Crippen LogP contribution in [0.4, 0.5) is 4.79 Å². The smallest absolute Gasteiger partial charge is 0.347 e. The number of rotatable bonds is 1. The van der Waals surface area contributed by atoms with Crippen molar-refractivity contribution in [3.05, 3.63) is 65.9 Å². The Morgan fingerprint density at radius 2 is 1.72 bits per heavy atom. The molecule has 4 N–H and O–H groups in total. The number of carbonyl (C=O) groups excluding carboxylic acids is 1. The topological polar surface area (TPSA) is 89.6 Å². The quantitative estimate of drug-likeness (QED) is 0.529. The van der Waals surface area contributed by atoms with E-state index in [-0.39, 0.29) is 12.0 Å². The number of para-hydroxylation sites is 2. The van der Waals surface area contributed by atoms with Crippen LogP contribution >= 0.6 is 0 Å². The summed E-state index contributed by atoms with van der Waals surface area (Å²) in [6.07, 6.45) is 0.755. The lowest BCUT2D eigenvalue weighted by molar-refractivity contribution is 0.202. The molecule has 6 heteroatoms. The molecule has 1 aromatic heterocycles. The lowest BCUT2D eigenvalue weighted by Gasteiger charge is -2.26. The molecule has 2 amide bonds. The summed E-state index contributed by atoms with van der Waals surface area (Å²) in [5.74, 6) is -0.206. The van der Waals surface area contributed by atoms with Gasteiger partial charge in [-0.3, -0.25) is 0 Å². The molecule has 0 saturated heterocycles. The minimum atomic E-state index is -0.387. The van der Waals surface area contributed by atoms with Crippen LogP contribution in [0.5, 0.6) is 0 Å². The number of urea groups is 1. The molecule has 3 aromatic rings. The van der Waals surface area contributed by atoms with Crippen LogP contribution in [0.3, 0.4) is 0 Å². The van der Waals surface area contributed by atoms with Crippen LogP contribution in [-0.2, 0) is 13.0 Å². The van der Waals surface area contributed by atoms with E-state index in [9.17, 15) is 4.79 Å². The van der Waals surface area contributed by atoms with Crippen molar-refractivity contribution in [2.45, 2.75) is 13.0 Å². The van der Waals surface area contributed by atoms with Gasteiger partial charge in [-0.15, -0.1) is 0 Å². The molecule has 0 radical (unpaired) electrons. The molecule has 2 aromatic carbocycles. The van der Waals surface area contributed by atoms with Gasteiger partial charge in [0.25, 0.3) is 0 Å². The molecule has 4 rings (SSSR count). The molecule has 0 saturated carbocycles. The van der Waals surface area contributed by atoms with Crippen molar-refractivity contribution in [1.29, 1.82) is 0 Å². The van der Waals surface area contributed by atoms with E-state index in [4.69, 9.17) is 11.5 Å². The number of nitrogens with zero attached hydrogens (tertiary/aromatic N) is 3. The number of carbonyl (C=O) groups is 1. The Bertz CT molecular complexity index is 970. The fourth-order valence-corrected chi connectivity index (χ4v) is 3.53. The van der Waals surface area contributed by atoms with Crippen molar-refractivity contribution in [2.75, 3.05) is 6.54 Å². The molecule has 0 unspecified atom stereocenters. The predicted molar refractivity (Wildman–Crippen MR) is 98.6 cm³/mol. The van der Waals surface area contributed by atoms with E-state index < -0.39 is 0 Å². The van der Waals surface area contributed by atoms with Gasteiger partial charge in [-0.1, -0.05) is 36.4 Å². The van der Waals surface area contributed by atoms with Gasteiger partial charge in [0, 0.05) is 41.8 Å². The van der Waals surface area contributed by atoms with Crippen molar-refractivity contribution in [1.82, 2.24) is 9.47 Å². The number of hydrogen-bond acceptors (Lipinski definition) is 1. The zero-order valence-electron chi connectivity index (χ0n) is 13.7. The molecule has 0 spiro atoms. The van der Waals surface area contributed by atoms with Gasteiger partial charge in [0.1, 0.15) is 0 Å². The normalized spacial score (nSPS) is 13.5. The maximum Gasteiger partial charge on any atom is 0.347 e. The third kappa shape index (κ3) is 2.61. The van der Waals surface area contributed by atoms with Crippen molar-refractivity contribution in [3.8, 4) is 5.69 Å². The molecular formula is C19H19N5O. The number of hydrogen-bond donors (Lipinski definition) is 2. The largest absolute Gasteiger partial charge is 0.370 e. The van der Waals surface area contributed by atoms with Crippen LogP contribution < -0.4 is 11.5 Å². The first-order valence-corrected chi connectivity index (χ1v) is 8.20. The van der Waals surface area contributed by atoms with Gasteiger partial charge in [-0.05, 0) is 18.2 Å². The van der Waals surface area contributed by atoms with Crippen molar-refractivity contribution in [3.63, 3.8) is 0 Å². The SMILES string of the molecule is NC(N)=NC(=O)N1CCc2c(c3ccccc3n2-c2ccccc2)C1. The van der Waals surface area contributed by atoms with Gasteiger partial charge >= 0.3 is 6.03 Å². The van der Waals surface area contributed by atoms with Crippen molar-refractivity contribution < 1.29 is 4.79 Å². The number of guanidine groups is 1. The Morgan fingerprint density at radius 1 is 1.00 bits per heavy atom. The summed E-state index contributed by atoms with van der Waals surface area (Å²) in [5.41, 5.74) is 15.4. The summed E-state index contributed by atoms with van der Waals surface area (Å²) in [4.78, 5) is 17.6. The van der Waals surface area contributed by atoms with E-state index >= 15 is 0 Å². The monoisotopic (exact) mass is 333 g/mol. The average Bonchev–Trinajstić information content (AvgIpc) is 2.95. The summed E-state index contributed by atoms with van der Waals surface area (Å²) in [6.45, 7) is 1.09. The number of nitrogens with two attached hydrogens (primary N) is 2. The first-order valence-electron chi connectivity index (χ1n) is 8.20. The predicted octanol–water partition coefficient (Wildman–Crippen LogP) is 2.38. The highest BCUT2D eigenvalue weighted by Gasteiger charge is 2.26. The fraction of sp³-hybridized carbons (Fsp3) is 0.158. The average molecular weight is 333 g/mol. The number of benzene rings is 2. The Morgan fingerprint density at radius 3 is 2.48 bits per heavy atom. The fourth-order valence-electron chi connectivity index (χ4n) is 3.53. The molecule has 2 heterocycles. The lowest BCUT2D eigenvalue weighted by Crippen LogP contribution is -2.36. The second-order valence-electron chi connectivity index (χ2n) is 6.10. The Hall–Kier alpha value is -3.28. The number of aromatic nitrogens is 1. The molecule has 0 fully saturated rings. The molecule has 0 aliphatic carbocycles. The number of aliphatic imine (C=N–C) groups is 1. The van der Waals surface area contributed by atoms with Crippen LogP contribution in [0.1, 0.15) is 11.3 Å². The van der Waals surface area contributed by atoms with Gasteiger partial charge < -0.3 is 20.9 Å². The summed E-state index contributed by atoms with van der Waals surface area (Å²) < 4.78 is 2.28. The summed E-state index contributed by atoms with van der Waals surface area (Å²) in [6, 6.07) is 18.2. The van der Waals surface area contributed by atoms with Gasteiger partial charge in [0.15, 0.2) is 5.96 Å². The minimum Gasteiger partial charge on any atom is -0.370 e. The summed E-state index contributed by atoms with van der Waals surface area (Å²) in [5, 5.41) is 1.16. The second kappa shape index (κ2) is 5.98. The molecule has 1 aliphatic rings. The van der Waals surface area contributed by atoms with E-state index in [1.807, 2.05) is 30.3 Å². The van der Waals surface area contributed by atoms with E-state index in [2.05, 4.69) is 33.8 Å². The summed E-state index contributed by atoms with van der Waals surface area (Å²) >= 11 is 0. The third-order valence-corrected chi connectivity index (χ3v) is 4.57. The number of fused-ring (bicyclic) bond motifs is 3. The van der Waals surface area contributed by atoms with Crippen LogP contribution in [0.25, 0.3) is 16.6 Å². The first kappa shape index (κ1) is 15.3. The second-order valence-corrected chi connectivity index (χ2v) is 6.10. The minimum absolute atomic E-state index is 0.206. The van der Waals surface area contributed by atoms with Crippen LogP contribution in [-0.4, -0.2) is 28.0 Å². The van der Waals surface area contributed by atoms with Gasteiger partial charge in [-0.2, -0.15) is 4.99 Å². The first-order chi connectivity index (χ1) is 12.1. The molecule has 0 bridgehead atoms. The van der Waals surface area contributed by atoms with Crippen LogP contribution in [0.2, 0.25) is 0 Å². The molecule has 6 nitrogen and oxygen atoms in total. The van der Waals surface area contributed by atoms with E-state index in [0.717, 1.165) is 28.6 Å². The highest BCUT2D eigenvalue weighted by molar-refractivity contribution is 5.92. The molecule has 1 aliphatic heterocycles. The maximum absolute atomic E-state index is 12.2. The van der Waals surface area contributed by atoms with Crippen molar-refractivity contribution in [2.24, 2.45) is 16.5 Å². The zero-order chi connectivity index (χ0) is 17.4. The molecule has 0 atom stereocenters. The highest BCUT2D eigenvalue weighted by Crippen LogP contribution is 2.33. The summed E-state index contributed by atoms with van der Waals surface area (Å²) in [7, 11) is 0. The molecular weight excluding hydrogens is 314 g/mol. The standard InChI is InChI=1S/C19H19N5O/c20-18(21)22-19(25)23-11-10-17-15(12-23)14-8-4-5-9-16(14)24(17)13-6-2-1-3-7-13/h1-9H,10-12H2,(H4,20,21,22,25). The van der Waals surface area contributed by atoms with Gasteiger partial charge in [-0.25, -0.2) is 4.79 Å². The van der Waals surface area contributed by atoms with Crippen LogP contribution in [0, 0.1) is 0 Å². The van der Waals surface area contributed by atoms with Crippen LogP contribution in [0.15, 0.2) is 59.6 Å².